The Bertz CT molecular complexity index is 557. The normalized spacial score (nSPS) is 16.6. The van der Waals surface area contributed by atoms with Gasteiger partial charge in [-0.3, -0.25) is 0 Å². The van der Waals surface area contributed by atoms with Crippen LogP contribution in [0.1, 0.15) is 25.7 Å². The summed E-state index contributed by atoms with van der Waals surface area (Å²) in [7, 11) is -4.51. The number of sulfone groups is 1. The van der Waals surface area contributed by atoms with E-state index >= 15 is 0 Å². The molecule has 0 aliphatic heterocycles. The van der Waals surface area contributed by atoms with Crippen LogP contribution in [-0.2, 0) is 9.84 Å². The minimum absolute atomic E-state index is 0.327. The van der Waals surface area contributed by atoms with Crippen molar-refractivity contribution in [2.75, 3.05) is 16.8 Å². The Balaban J connectivity index is 2.23. The zero-order chi connectivity index (χ0) is 15.5. The van der Waals surface area contributed by atoms with Crippen molar-refractivity contribution in [2.45, 2.75) is 42.4 Å². The lowest BCUT2D eigenvalue weighted by molar-refractivity contribution is 0.234. The Hall–Kier alpha value is -0.690. The fraction of sp³-hybridized carbons (Fsp3) is 0.571. The number of benzene rings is 1. The third kappa shape index (κ3) is 3.74. The van der Waals surface area contributed by atoms with Gasteiger partial charge in [0.2, 0.25) is 9.84 Å². The summed E-state index contributed by atoms with van der Waals surface area (Å²) in [6.45, 7) is 0.811. The van der Waals surface area contributed by atoms with Crippen molar-refractivity contribution in [1.82, 2.24) is 0 Å². The molecule has 0 amide bonds. The Morgan fingerprint density at radius 1 is 1.19 bits per heavy atom. The van der Waals surface area contributed by atoms with E-state index < -0.39 is 15.6 Å². The summed E-state index contributed by atoms with van der Waals surface area (Å²) in [5.74, 6) is -3.38. The molecule has 0 spiro atoms. The second-order valence-corrected chi connectivity index (χ2v) is 7.83. The molecule has 1 fully saturated rings. The standard InChI is InChI=1S/C14H18BrF2NO2S/c15-9-10-18(11-3-1-2-4-11)12-5-7-13(8-6-12)21(19,20)14(16)17/h5-8,11,14H,1-4,9-10H2. The van der Waals surface area contributed by atoms with E-state index in [0.717, 1.165) is 30.4 Å². The van der Waals surface area contributed by atoms with Gasteiger partial charge in [-0.25, -0.2) is 8.42 Å². The highest BCUT2D eigenvalue weighted by Crippen LogP contribution is 2.29. The molecule has 1 aromatic rings. The average Bonchev–Trinajstić information content (AvgIpc) is 2.98. The lowest BCUT2D eigenvalue weighted by Gasteiger charge is -2.30. The van der Waals surface area contributed by atoms with Gasteiger partial charge in [0.1, 0.15) is 0 Å². The van der Waals surface area contributed by atoms with Crippen molar-refractivity contribution in [3.63, 3.8) is 0 Å². The van der Waals surface area contributed by atoms with Gasteiger partial charge in [0.05, 0.1) is 4.90 Å². The molecule has 2 rings (SSSR count). The highest BCUT2D eigenvalue weighted by Gasteiger charge is 2.27. The van der Waals surface area contributed by atoms with E-state index in [1.165, 1.54) is 25.0 Å². The molecular formula is C14H18BrF2NO2S. The predicted octanol–water partition coefficient (Wildman–Crippen LogP) is 3.83. The summed E-state index contributed by atoms with van der Waals surface area (Å²) < 4.78 is 47.9. The van der Waals surface area contributed by atoms with Gasteiger partial charge in [-0.15, -0.1) is 0 Å². The van der Waals surface area contributed by atoms with Crippen LogP contribution in [0.2, 0.25) is 0 Å². The van der Waals surface area contributed by atoms with Gasteiger partial charge >= 0.3 is 5.76 Å². The molecule has 7 heteroatoms. The van der Waals surface area contributed by atoms with Gasteiger partial charge in [0.25, 0.3) is 0 Å². The van der Waals surface area contributed by atoms with Crippen LogP contribution in [-0.4, -0.2) is 32.1 Å². The molecule has 3 nitrogen and oxygen atoms in total. The number of halogens is 3. The summed E-state index contributed by atoms with van der Waals surface area (Å²) in [6, 6.07) is 6.23. The predicted molar refractivity (Wildman–Crippen MR) is 83.0 cm³/mol. The fourth-order valence-corrected chi connectivity index (χ4v) is 3.86. The molecule has 0 bridgehead atoms. The maximum atomic E-state index is 12.5. The molecule has 0 radical (unpaired) electrons. The van der Waals surface area contributed by atoms with E-state index in [0.29, 0.717) is 6.04 Å². The minimum atomic E-state index is -4.51. The third-order valence-corrected chi connectivity index (χ3v) is 5.58. The number of alkyl halides is 3. The number of rotatable bonds is 6. The van der Waals surface area contributed by atoms with Crippen LogP contribution >= 0.6 is 15.9 Å². The number of hydrogen-bond acceptors (Lipinski definition) is 3. The first-order valence-corrected chi connectivity index (χ1v) is 9.58. The highest BCUT2D eigenvalue weighted by atomic mass is 79.9. The second kappa shape index (κ2) is 7.05. The summed E-state index contributed by atoms with van der Waals surface area (Å²) in [5, 5.41) is 0.806. The van der Waals surface area contributed by atoms with Crippen LogP contribution in [0.15, 0.2) is 29.2 Å². The maximum Gasteiger partial charge on any atom is 0.341 e. The molecular weight excluding hydrogens is 364 g/mol. The van der Waals surface area contributed by atoms with Crippen LogP contribution in [0.25, 0.3) is 0 Å². The molecule has 0 aromatic heterocycles. The maximum absolute atomic E-state index is 12.5. The number of nitrogens with zero attached hydrogens (tertiary/aromatic N) is 1. The van der Waals surface area contributed by atoms with Crippen molar-refractivity contribution in [3.05, 3.63) is 24.3 Å². The van der Waals surface area contributed by atoms with Crippen molar-refractivity contribution in [3.8, 4) is 0 Å². The largest absolute Gasteiger partial charge is 0.368 e. The zero-order valence-electron chi connectivity index (χ0n) is 11.5. The average molecular weight is 382 g/mol. The van der Waals surface area contributed by atoms with E-state index in [2.05, 4.69) is 20.8 Å². The molecule has 0 N–H and O–H groups in total. The quantitative estimate of drug-likeness (QED) is 0.702. The lowest BCUT2D eigenvalue weighted by Crippen LogP contribution is -2.34. The van der Waals surface area contributed by atoms with Crippen LogP contribution in [0.4, 0.5) is 14.5 Å². The van der Waals surface area contributed by atoms with E-state index in [1.807, 2.05) is 0 Å². The monoisotopic (exact) mass is 381 g/mol. The summed E-state index contributed by atoms with van der Waals surface area (Å²) >= 11 is 3.42. The number of hydrogen-bond donors (Lipinski definition) is 0. The molecule has 21 heavy (non-hydrogen) atoms. The van der Waals surface area contributed by atoms with Crippen LogP contribution < -0.4 is 4.90 Å². The molecule has 1 aromatic carbocycles. The Labute approximate surface area is 132 Å². The molecule has 118 valence electrons. The first-order chi connectivity index (χ1) is 9.96. The molecule has 0 unspecified atom stereocenters. The summed E-state index contributed by atoms with van der Waals surface area (Å²) in [4.78, 5) is 1.90. The molecule has 0 heterocycles. The minimum Gasteiger partial charge on any atom is -0.368 e. The molecule has 0 saturated heterocycles. The van der Waals surface area contributed by atoms with Crippen molar-refractivity contribution >= 4 is 31.5 Å². The van der Waals surface area contributed by atoms with Gasteiger partial charge < -0.3 is 4.90 Å². The van der Waals surface area contributed by atoms with Crippen molar-refractivity contribution in [1.29, 1.82) is 0 Å². The van der Waals surface area contributed by atoms with E-state index in [4.69, 9.17) is 0 Å². The molecule has 1 aliphatic carbocycles. The zero-order valence-corrected chi connectivity index (χ0v) is 13.9. The van der Waals surface area contributed by atoms with Crippen LogP contribution in [0.5, 0.6) is 0 Å². The van der Waals surface area contributed by atoms with E-state index in [9.17, 15) is 17.2 Å². The van der Waals surface area contributed by atoms with Crippen molar-refractivity contribution in [2.24, 2.45) is 0 Å². The van der Waals surface area contributed by atoms with Crippen LogP contribution in [0, 0.1) is 0 Å². The van der Waals surface area contributed by atoms with Gasteiger partial charge in [-0.05, 0) is 37.1 Å². The smallest absolute Gasteiger partial charge is 0.341 e. The Kier molecular flexibility index (Phi) is 5.60. The first-order valence-electron chi connectivity index (χ1n) is 6.91. The Morgan fingerprint density at radius 3 is 2.24 bits per heavy atom. The molecule has 0 atom stereocenters. The number of anilines is 1. The van der Waals surface area contributed by atoms with E-state index in [-0.39, 0.29) is 4.90 Å². The summed E-state index contributed by atoms with van der Waals surface area (Å²) in [5.41, 5.74) is 0.884. The third-order valence-electron chi connectivity index (χ3n) is 3.82. The van der Waals surface area contributed by atoms with Crippen molar-refractivity contribution < 1.29 is 17.2 Å². The Morgan fingerprint density at radius 2 is 1.76 bits per heavy atom. The lowest BCUT2D eigenvalue weighted by atomic mass is 10.2. The second-order valence-electron chi connectivity index (χ2n) is 5.12. The van der Waals surface area contributed by atoms with Gasteiger partial charge in [-0.2, -0.15) is 8.78 Å². The van der Waals surface area contributed by atoms with E-state index in [1.54, 1.807) is 12.1 Å². The summed E-state index contributed by atoms with van der Waals surface area (Å²) in [6.07, 6.45) is 4.62. The van der Waals surface area contributed by atoms with Gasteiger partial charge in [-0.1, -0.05) is 28.8 Å². The SMILES string of the molecule is O=S(=O)(c1ccc(N(CCBr)C2CCCC2)cc1)C(F)F. The van der Waals surface area contributed by atoms with Gasteiger partial charge in [0, 0.05) is 23.6 Å². The molecule has 1 aliphatic rings. The van der Waals surface area contributed by atoms with Gasteiger partial charge in [0.15, 0.2) is 0 Å². The fourth-order valence-electron chi connectivity index (χ4n) is 2.76. The highest BCUT2D eigenvalue weighted by molar-refractivity contribution is 9.09. The first kappa shape index (κ1) is 16.7. The topological polar surface area (TPSA) is 37.4 Å². The molecule has 1 saturated carbocycles. The van der Waals surface area contributed by atoms with Crippen LogP contribution in [0.3, 0.4) is 0 Å².